The third-order valence-electron chi connectivity index (χ3n) is 6.83. The fourth-order valence-corrected chi connectivity index (χ4v) is 4.82. The van der Waals surface area contributed by atoms with Crippen LogP contribution in [0.15, 0.2) is 0 Å². The number of amides is 2. The van der Waals surface area contributed by atoms with Gasteiger partial charge in [-0.05, 0) is 40.5 Å². The first kappa shape index (κ1) is 22.8. The molecule has 0 unspecified atom stereocenters. The minimum Gasteiger partial charge on any atom is -0.377 e. The van der Waals surface area contributed by atoms with Gasteiger partial charge in [-0.15, -0.1) is 0 Å². The maximum Gasteiger partial charge on any atom is 0.320 e. The summed E-state index contributed by atoms with van der Waals surface area (Å²) >= 11 is 0. The van der Waals surface area contributed by atoms with Crippen molar-refractivity contribution < 1.29 is 9.53 Å². The van der Waals surface area contributed by atoms with E-state index in [9.17, 15) is 4.79 Å². The van der Waals surface area contributed by atoms with Crippen molar-refractivity contribution in [3.8, 4) is 0 Å². The molecule has 0 aromatic heterocycles. The molecule has 7 nitrogen and oxygen atoms in total. The monoisotopic (exact) mass is 409 g/mol. The lowest BCUT2D eigenvalue weighted by Gasteiger charge is -2.44. The zero-order valence-electron chi connectivity index (χ0n) is 19.2. The van der Waals surface area contributed by atoms with Gasteiger partial charge < -0.3 is 14.5 Å². The van der Waals surface area contributed by atoms with Gasteiger partial charge in [0.1, 0.15) is 0 Å². The van der Waals surface area contributed by atoms with Crippen LogP contribution in [0.4, 0.5) is 4.79 Å². The van der Waals surface area contributed by atoms with Gasteiger partial charge in [0, 0.05) is 84.1 Å². The summed E-state index contributed by atoms with van der Waals surface area (Å²) in [6.45, 7) is 20.6. The van der Waals surface area contributed by atoms with Gasteiger partial charge in [-0.2, -0.15) is 0 Å². The van der Waals surface area contributed by atoms with Crippen LogP contribution in [0.5, 0.6) is 0 Å². The zero-order chi connectivity index (χ0) is 20.8. The first-order valence-corrected chi connectivity index (χ1v) is 11.8. The van der Waals surface area contributed by atoms with E-state index in [1.807, 2.05) is 0 Å². The van der Waals surface area contributed by atoms with Gasteiger partial charge >= 0.3 is 6.03 Å². The van der Waals surface area contributed by atoms with Crippen LogP contribution in [0.3, 0.4) is 0 Å². The number of likely N-dealkylation sites (tertiary alicyclic amines) is 1. The van der Waals surface area contributed by atoms with Crippen molar-refractivity contribution in [1.29, 1.82) is 0 Å². The molecule has 0 spiro atoms. The summed E-state index contributed by atoms with van der Waals surface area (Å²) in [5, 5.41) is 0. The largest absolute Gasteiger partial charge is 0.377 e. The van der Waals surface area contributed by atoms with Crippen molar-refractivity contribution >= 4 is 6.03 Å². The van der Waals surface area contributed by atoms with E-state index in [0.717, 1.165) is 65.3 Å². The summed E-state index contributed by atoms with van der Waals surface area (Å²) in [7, 11) is 0. The lowest BCUT2D eigenvalue weighted by atomic mass is 10.0. The van der Waals surface area contributed by atoms with Crippen LogP contribution in [-0.2, 0) is 4.74 Å². The third-order valence-corrected chi connectivity index (χ3v) is 6.83. The van der Waals surface area contributed by atoms with Crippen molar-refractivity contribution in [3.05, 3.63) is 0 Å². The Bertz CT molecular complexity index is 491. The average Bonchev–Trinajstić information content (AvgIpc) is 2.74. The third kappa shape index (κ3) is 6.54. The maximum absolute atomic E-state index is 13.0. The lowest BCUT2D eigenvalue weighted by Crippen LogP contribution is -2.57. The number of carbonyl (C=O) groups is 1. The Morgan fingerprint density at radius 3 is 1.97 bits per heavy atom. The van der Waals surface area contributed by atoms with E-state index in [4.69, 9.17) is 4.74 Å². The standard InChI is InChI=1S/C22H43N5O2/c1-19(2)24-13-15-25(16-14-24)21-5-7-26(8-6-21)22(28)27-11-9-23(10-12-27)17-18-29-20(3)4/h19-21H,5-18H2,1-4H3. The molecule has 0 aliphatic carbocycles. The smallest absolute Gasteiger partial charge is 0.320 e. The Morgan fingerprint density at radius 2 is 1.41 bits per heavy atom. The Labute approximate surface area is 177 Å². The molecule has 29 heavy (non-hydrogen) atoms. The molecule has 0 N–H and O–H groups in total. The number of rotatable bonds is 6. The van der Waals surface area contributed by atoms with E-state index < -0.39 is 0 Å². The molecule has 168 valence electrons. The first-order valence-electron chi connectivity index (χ1n) is 11.8. The minimum absolute atomic E-state index is 0.256. The second-order valence-electron chi connectivity index (χ2n) is 9.41. The van der Waals surface area contributed by atoms with Gasteiger partial charge in [-0.3, -0.25) is 14.7 Å². The summed E-state index contributed by atoms with van der Waals surface area (Å²) in [6, 6.07) is 1.57. The number of ether oxygens (including phenoxy) is 1. The first-order chi connectivity index (χ1) is 13.9. The summed E-state index contributed by atoms with van der Waals surface area (Å²) < 4.78 is 5.65. The molecule has 3 heterocycles. The van der Waals surface area contributed by atoms with Crippen LogP contribution in [0.25, 0.3) is 0 Å². The van der Waals surface area contributed by atoms with Gasteiger partial charge in [0.05, 0.1) is 12.7 Å². The Hall–Kier alpha value is -0.890. The van der Waals surface area contributed by atoms with Gasteiger partial charge in [0.2, 0.25) is 0 Å². The van der Waals surface area contributed by atoms with Gasteiger partial charge in [0.15, 0.2) is 0 Å². The van der Waals surface area contributed by atoms with E-state index in [2.05, 4.69) is 52.2 Å². The summed E-state index contributed by atoms with van der Waals surface area (Å²) in [5.41, 5.74) is 0. The highest BCUT2D eigenvalue weighted by atomic mass is 16.5. The predicted molar refractivity (Wildman–Crippen MR) is 117 cm³/mol. The van der Waals surface area contributed by atoms with Crippen LogP contribution in [-0.4, -0.2) is 127 Å². The number of hydrogen-bond acceptors (Lipinski definition) is 5. The molecule has 2 amide bonds. The molecule has 3 aliphatic heterocycles. The SMILES string of the molecule is CC(C)OCCN1CCN(C(=O)N2CCC(N3CCN(C(C)C)CC3)CC2)CC1. The van der Waals surface area contributed by atoms with Crippen molar-refractivity contribution in [2.45, 2.75) is 58.7 Å². The highest BCUT2D eigenvalue weighted by molar-refractivity contribution is 5.74. The second-order valence-corrected chi connectivity index (χ2v) is 9.41. The minimum atomic E-state index is 0.256. The molecule has 0 radical (unpaired) electrons. The summed E-state index contributed by atoms with van der Waals surface area (Å²) in [6.07, 6.45) is 2.54. The molecular formula is C22H43N5O2. The molecule has 3 rings (SSSR count). The maximum atomic E-state index is 13.0. The van der Waals surface area contributed by atoms with Crippen LogP contribution in [0.2, 0.25) is 0 Å². The molecule has 0 atom stereocenters. The van der Waals surface area contributed by atoms with E-state index >= 15 is 0 Å². The predicted octanol–water partition coefficient (Wildman–Crippen LogP) is 1.64. The van der Waals surface area contributed by atoms with Crippen molar-refractivity contribution in [1.82, 2.24) is 24.5 Å². The fourth-order valence-electron chi connectivity index (χ4n) is 4.82. The number of urea groups is 1. The van der Waals surface area contributed by atoms with E-state index in [-0.39, 0.29) is 6.03 Å². The van der Waals surface area contributed by atoms with E-state index in [1.165, 1.54) is 26.2 Å². The molecular weight excluding hydrogens is 366 g/mol. The molecule has 3 fully saturated rings. The van der Waals surface area contributed by atoms with Crippen LogP contribution < -0.4 is 0 Å². The summed E-state index contributed by atoms with van der Waals surface area (Å²) in [4.78, 5) is 24.8. The molecule has 0 bridgehead atoms. The molecule has 3 saturated heterocycles. The van der Waals surface area contributed by atoms with Crippen molar-refractivity contribution in [2.75, 3.05) is 78.6 Å². The second kappa shape index (κ2) is 10.9. The van der Waals surface area contributed by atoms with Crippen LogP contribution >= 0.6 is 0 Å². The van der Waals surface area contributed by atoms with Crippen molar-refractivity contribution in [2.24, 2.45) is 0 Å². The topological polar surface area (TPSA) is 42.5 Å². The Kier molecular flexibility index (Phi) is 8.59. The Balaban J connectivity index is 1.34. The average molecular weight is 410 g/mol. The number of nitrogens with zero attached hydrogens (tertiary/aromatic N) is 5. The molecule has 3 aliphatic rings. The van der Waals surface area contributed by atoms with E-state index in [0.29, 0.717) is 18.2 Å². The normalized spacial score (nSPS) is 24.1. The summed E-state index contributed by atoms with van der Waals surface area (Å²) in [5.74, 6) is 0. The van der Waals surface area contributed by atoms with Crippen molar-refractivity contribution in [3.63, 3.8) is 0 Å². The van der Waals surface area contributed by atoms with E-state index in [1.54, 1.807) is 0 Å². The quantitative estimate of drug-likeness (QED) is 0.667. The molecule has 7 heteroatoms. The number of piperazine rings is 2. The van der Waals surface area contributed by atoms with Crippen LogP contribution in [0, 0.1) is 0 Å². The lowest BCUT2D eigenvalue weighted by molar-refractivity contribution is 0.0388. The van der Waals surface area contributed by atoms with Crippen LogP contribution in [0.1, 0.15) is 40.5 Å². The zero-order valence-corrected chi connectivity index (χ0v) is 19.2. The van der Waals surface area contributed by atoms with Gasteiger partial charge in [0.25, 0.3) is 0 Å². The molecule has 0 saturated carbocycles. The number of hydrogen-bond donors (Lipinski definition) is 0. The Morgan fingerprint density at radius 1 is 0.828 bits per heavy atom. The van der Waals surface area contributed by atoms with Gasteiger partial charge in [-0.25, -0.2) is 4.79 Å². The molecule has 0 aromatic carbocycles. The highest BCUT2D eigenvalue weighted by Crippen LogP contribution is 2.20. The molecule has 0 aromatic rings. The highest BCUT2D eigenvalue weighted by Gasteiger charge is 2.32. The fraction of sp³-hybridized carbons (Fsp3) is 0.955. The number of carbonyl (C=O) groups excluding carboxylic acids is 1. The van der Waals surface area contributed by atoms with Gasteiger partial charge in [-0.1, -0.05) is 0 Å². The number of piperidine rings is 1.